The van der Waals surface area contributed by atoms with Crippen LogP contribution in [-0.2, 0) is 17.8 Å². The molecule has 0 amide bonds. The zero-order valence-corrected chi connectivity index (χ0v) is 15.6. The highest BCUT2D eigenvalue weighted by molar-refractivity contribution is 6.44. The summed E-state index contributed by atoms with van der Waals surface area (Å²) >= 11 is 12.3. The van der Waals surface area contributed by atoms with Gasteiger partial charge in [-0.1, -0.05) is 42.6 Å². The summed E-state index contributed by atoms with van der Waals surface area (Å²) in [4.78, 5) is 26.3. The predicted octanol–water partition coefficient (Wildman–Crippen LogP) is 4.38. The molecule has 2 rings (SSSR count). The van der Waals surface area contributed by atoms with Gasteiger partial charge in [-0.3, -0.25) is 0 Å². The third-order valence-corrected chi connectivity index (χ3v) is 4.76. The second-order valence-electron chi connectivity index (χ2n) is 5.67. The van der Waals surface area contributed by atoms with Gasteiger partial charge in [-0.05, 0) is 24.1 Å². The summed E-state index contributed by atoms with van der Waals surface area (Å²) in [7, 11) is 0. The Bertz CT molecular complexity index is 859. The Morgan fingerprint density at radius 3 is 2.58 bits per heavy atom. The molecule has 2 N–H and O–H groups in total. The molecule has 0 aliphatic carbocycles. The molecule has 0 aliphatic rings. The molecule has 0 radical (unpaired) electrons. The molecule has 2 aromatic rings. The van der Waals surface area contributed by atoms with Gasteiger partial charge >= 0.3 is 11.9 Å². The topological polar surface area (TPSA) is 92.4 Å². The van der Waals surface area contributed by atoms with Gasteiger partial charge < -0.3 is 14.8 Å². The monoisotopic (exact) mass is 396 g/mol. The largest absolute Gasteiger partial charge is 0.478 e. The van der Waals surface area contributed by atoms with Crippen LogP contribution in [0.2, 0.25) is 10.0 Å². The van der Waals surface area contributed by atoms with Crippen LogP contribution < -0.4 is 0 Å². The Morgan fingerprint density at radius 2 is 1.96 bits per heavy atom. The number of aliphatic carboxylic acids is 1. The minimum absolute atomic E-state index is 0.0190. The van der Waals surface area contributed by atoms with Crippen LogP contribution in [0.1, 0.15) is 47.2 Å². The number of benzene rings is 1. The average Bonchev–Trinajstić information content (AvgIpc) is 2.96. The van der Waals surface area contributed by atoms with E-state index in [4.69, 9.17) is 33.4 Å². The molecular formula is C18H18Cl2N2O4. The van der Waals surface area contributed by atoms with E-state index < -0.39 is 11.9 Å². The fourth-order valence-corrected chi connectivity index (χ4v) is 2.97. The molecule has 8 heteroatoms. The summed E-state index contributed by atoms with van der Waals surface area (Å²) in [5.41, 5.74) is 1.18. The van der Waals surface area contributed by atoms with E-state index in [1.807, 2.05) is 4.57 Å². The molecule has 0 spiro atoms. The maximum atomic E-state index is 11.2. The summed E-state index contributed by atoms with van der Waals surface area (Å²) in [6.45, 7) is 2.37. The van der Waals surface area contributed by atoms with Crippen molar-refractivity contribution in [1.82, 2.24) is 9.55 Å². The molecule has 0 aliphatic heterocycles. The molecule has 0 fully saturated rings. The Kier molecular flexibility index (Phi) is 6.83. The van der Waals surface area contributed by atoms with Gasteiger partial charge in [-0.25, -0.2) is 14.6 Å². The molecule has 0 saturated carbocycles. The van der Waals surface area contributed by atoms with Crippen LogP contribution in [0.4, 0.5) is 0 Å². The molecule has 1 aromatic heterocycles. The normalized spacial score (nSPS) is 11.2. The number of carbonyl (C=O) groups is 2. The van der Waals surface area contributed by atoms with E-state index >= 15 is 0 Å². The molecule has 0 atom stereocenters. The summed E-state index contributed by atoms with van der Waals surface area (Å²) in [5.74, 6) is -1.41. The standard InChI is InChI=1S/C18H18Cl2N2O4/c1-2-3-4-14-21-9-12(6-8-15(23)24)22(14)10-11-5-7-13(18(25)26)17(20)16(11)19/h5-9H,2-4,10H2,1H3,(H,23,24)(H,25,26). The lowest BCUT2D eigenvalue weighted by Gasteiger charge is -2.13. The minimum atomic E-state index is -1.15. The van der Waals surface area contributed by atoms with Crippen molar-refractivity contribution in [3.8, 4) is 0 Å². The molecule has 0 unspecified atom stereocenters. The zero-order valence-electron chi connectivity index (χ0n) is 14.1. The zero-order chi connectivity index (χ0) is 19.3. The van der Waals surface area contributed by atoms with Gasteiger partial charge in [0, 0.05) is 12.5 Å². The van der Waals surface area contributed by atoms with Crippen molar-refractivity contribution in [2.45, 2.75) is 32.7 Å². The number of aryl methyl sites for hydroxylation is 1. The second kappa shape index (κ2) is 8.87. The van der Waals surface area contributed by atoms with Gasteiger partial charge in [-0.15, -0.1) is 0 Å². The smallest absolute Gasteiger partial charge is 0.337 e. The fourth-order valence-electron chi connectivity index (χ4n) is 2.48. The van der Waals surface area contributed by atoms with E-state index in [-0.39, 0.29) is 15.6 Å². The first kappa shape index (κ1) is 20.0. The highest BCUT2D eigenvalue weighted by Gasteiger charge is 2.17. The van der Waals surface area contributed by atoms with Crippen LogP contribution in [0.25, 0.3) is 6.08 Å². The molecule has 26 heavy (non-hydrogen) atoms. The Morgan fingerprint density at radius 1 is 1.23 bits per heavy atom. The third-order valence-electron chi connectivity index (χ3n) is 3.84. The van der Waals surface area contributed by atoms with Crippen molar-refractivity contribution in [1.29, 1.82) is 0 Å². The van der Waals surface area contributed by atoms with Crippen LogP contribution >= 0.6 is 23.2 Å². The summed E-state index contributed by atoms with van der Waals surface area (Å²) in [5, 5.41) is 18.1. The van der Waals surface area contributed by atoms with Gasteiger partial charge in [0.1, 0.15) is 5.82 Å². The Labute approximate surface area is 160 Å². The highest BCUT2D eigenvalue weighted by atomic mass is 35.5. The Hall–Kier alpha value is -2.31. The molecule has 6 nitrogen and oxygen atoms in total. The highest BCUT2D eigenvalue weighted by Crippen LogP contribution is 2.31. The van der Waals surface area contributed by atoms with Crippen molar-refractivity contribution in [3.63, 3.8) is 0 Å². The number of aromatic nitrogens is 2. The lowest BCUT2D eigenvalue weighted by atomic mass is 10.1. The lowest BCUT2D eigenvalue weighted by molar-refractivity contribution is -0.131. The summed E-state index contributed by atoms with van der Waals surface area (Å²) in [6.07, 6.45) is 6.77. The number of rotatable bonds is 8. The van der Waals surface area contributed by atoms with E-state index in [1.165, 1.54) is 12.1 Å². The van der Waals surface area contributed by atoms with Crippen LogP contribution in [0.5, 0.6) is 0 Å². The third kappa shape index (κ3) is 4.65. The van der Waals surface area contributed by atoms with Crippen LogP contribution in [0.15, 0.2) is 24.4 Å². The average molecular weight is 397 g/mol. The van der Waals surface area contributed by atoms with Crippen LogP contribution in [0.3, 0.4) is 0 Å². The first-order valence-corrected chi connectivity index (χ1v) is 8.76. The van der Waals surface area contributed by atoms with Crippen molar-refractivity contribution in [3.05, 3.63) is 57.1 Å². The number of unbranched alkanes of at least 4 members (excludes halogenated alkanes) is 1. The SMILES string of the molecule is CCCCc1ncc(C=CC(=O)O)n1Cc1ccc(C(=O)O)c(Cl)c1Cl. The number of imidazole rings is 1. The predicted molar refractivity (Wildman–Crippen MR) is 100 cm³/mol. The van der Waals surface area contributed by atoms with Crippen molar-refractivity contribution < 1.29 is 19.8 Å². The summed E-state index contributed by atoms with van der Waals surface area (Å²) in [6, 6.07) is 3.01. The number of hydrogen-bond acceptors (Lipinski definition) is 3. The van der Waals surface area contributed by atoms with Crippen LogP contribution in [0, 0.1) is 0 Å². The first-order valence-electron chi connectivity index (χ1n) is 8.00. The van der Waals surface area contributed by atoms with Gasteiger partial charge in [0.2, 0.25) is 0 Å². The van der Waals surface area contributed by atoms with Crippen molar-refractivity contribution in [2.75, 3.05) is 0 Å². The molecule has 1 heterocycles. The van der Waals surface area contributed by atoms with Crippen LogP contribution in [-0.4, -0.2) is 31.7 Å². The lowest BCUT2D eigenvalue weighted by Crippen LogP contribution is -2.09. The van der Waals surface area contributed by atoms with E-state index in [0.717, 1.165) is 31.2 Å². The van der Waals surface area contributed by atoms with Gasteiger partial charge in [-0.2, -0.15) is 0 Å². The van der Waals surface area contributed by atoms with Crippen molar-refractivity contribution in [2.24, 2.45) is 0 Å². The van der Waals surface area contributed by atoms with E-state index in [9.17, 15) is 9.59 Å². The fraction of sp³-hybridized carbons (Fsp3) is 0.278. The number of nitrogens with zero attached hydrogens (tertiary/aromatic N) is 2. The Balaban J connectivity index is 2.43. The number of halogens is 2. The molecule has 0 saturated heterocycles. The number of carboxylic acids is 2. The first-order chi connectivity index (χ1) is 12.3. The summed E-state index contributed by atoms with van der Waals surface area (Å²) < 4.78 is 1.85. The molecule has 0 bridgehead atoms. The molecular weight excluding hydrogens is 379 g/mol. The molecule has 1 aromatic carbocycles. The molecule has 138 valence electrons. The number of carboxylic acid groups (broad SMARTS) is 2. The minimum Gasteiger partial charge on any atom is -0.478 e. The van der Waals surface area contributed by atoms with Gasteiger partial charge in [0.05, 0.1) is 34.0 Å². The quantitative estimate of drug-likeness (QED) is 0.645. The van der Waals surface area contributed by atoms with Gasteiger partial charge in [0.15, 0.2) is 0 Å². The van der Waals surface area contributed by atoms with Gasteiger partial charge in [0.25, 0.3) is 0 Å². The van der Waals surface area contributed by atoms with E-state index in [0.29, 0.717) is 17.8 Å². The van der Waals surface area contributed by atoms with E-state index in [1.54, 1.807) is 12.3 Å². The number of aromatic carboxylic acids is 1. The van der Waals surface area contributed by atoms with E-state index in [2.05, 4.69) is 11.9 Å². The second-order valence-corrected chi connectivity index (χ2v) is 6.42. The maximum absolute atomic E-state index is 11.2. The van der Waals surface area contributed by atoms with Crippen molar-refractivity contribution >= 4 is 41.2 Å². The number of hydrogen-bond donors (Lipinski definition) is 2. The maximum Gasteiger partial charge on any atom is 0.337 e.